The molecule has 1 aromatic heterocycles. The number of β-amino-alcohol motifs (C(OH)–C–C–N with tert-alkyl or cyclic N) is 1. The Morgan fingerprint density at radius 2 is 2.17 bits per heavy atom. The minimum Gasteiger partial charge on any atom is -0.392 e. The zero-order valence-corrected chi connectivity index (χ0v) is 20.8. The predicted molar refractivity (Wildman–Crippen MR) is 137 cm³/mol. The second-order valence-electron chi connectivity index (χ2n) is 9.48. The molecule has 0 spiro atoms. The molecule has 2 amide bonds. The first-order valence-electron chi connectivity index (χ1n) is 12.0. The van der Waals surface area contributed by atoms with E-state index in [9.17, 15) is 14.7 Å². The number of aliphatic hydroxyl groups excluding tert-OH is 1. The van der Waals surface area contributed by atoms with Gasteiger partial charge in [0.15, 0.2) is 0 Å². The minimum absolute atomic E-state index is 0.00974. The second-order valence-corrected chi connectivity index (χ2v) is 10.7. The number of amides is 2. The molecule has 7 nitrogen and oxygen atoms in total. The van der Waals surface area contributed by atoms with Gasteiger partial charge in [-0.05, 0) is 47.7 Å². The number of likely N-dealkylation sites (tertiary alicyclic amines) is 1. The van der Waals surface area contributed by atoms with Crippen LogP contribution < -0.4 is 5.32 Å². The molecule has 0 aliphatic carbocycles. The third-order valence-corrected chi connectivity index (χ3v) is 7.83. The first-order valence-corrected chi connectivity index (χ1v) is 12.8. The molecule has 3 heterocycles. The molecule has 2 aliphatic rings. The van der Waals surface area contributed by atoms with Crippen molar-refractivity contribution in [2.75, 3.05) is 32.0 Å². The summed E-state index contributed by atoms with van der Waals surface area (Å²) in [6.45, 7) is 4.09. The van der Waals surface area contributed by atoms with Gasteiger partial charge in [0.25, 0.3) is 0 Å². The molecule has 8 heteroatoms. The lowest BCUT2D eigenvalue weighted by atomic mass is 10.0. The number of carbonyl (C=O) groups is 2. The van der Waals surface area contributed by atoms with Crippen LogP contribution in [0.15, 0.2) is 48.7 Å². The van der Waals surface area contributed by atoms with E-state index in [0.717, 1.165) is 50.8 Å². The Morgan fingerprint density at radius 1 is 1.31 bits per heavy atom. The normalized spacial score (nSPS) is 18.4. The van der Waals surface area contributed by atoms with Gasteiger partial charge in [0.05, 0.1) is 34.9 Å². The van der Waals surface area contributed by atoms with Gasteiger partial charge in [-0.2, -0.15) is 0 Å². The number of aryl methyl sites for hydroxylation is 1. The summed E-state index contributed by atoms with van der Waals surface area (Å²) in [7, 11) is 1.86. The molecule has 0 radical (unpaired) electrons. The molecule has 35 heavy (non-hydrogen) atoms. The van der Waals surface area contributed by atoms with Crippen molar-refractivity contribution in [3.8, 4) is 10.4 Å². The average molecular weight is 491 g/mol. The van der Waals surface area contributed by atoms with Gasteiger partial charge in [-0.25, -0.2) is 4.98 Å². The SMILES string of the molecule is Cc1ncc(-c2cccc(C(CN3CC[C@H](O)C3)N(C)C(=O)Cc3ccc4c(c3)NC(=O)C4)c2)s1. The Labute approximate surface area is 209 Å². The van der Waals surface area contributed by atoms with E-state index >= 15 is 0 Å². The summed E-state index contributed by atoms with van der Waals surface area (Å²) in [5.41, 5.74) is 4.81. The van der Waals surface area contributed by atoms with Crippen LogP contribution in [0.5, 0.6) is 0 Å². The molecule has 0 saturated carbocycles. The summed E-state index contributed by atoms with van der Waals surface area (Å²) in [5, 5.41) is 13.9. The van der Waals surface area contributed by atoms with Crippen molar-refractivity contribution in [2.24, 2.45) is 0 Å². The zero-order chi connectivity index (χ0) is 24.5. The number of benzene rings is 2. The fourth-order valence-corrected chi connectivity index (χ4v) is 5.69. The number of likely N-dealkylation sites (N-methyl/N-ethyl adjacent to an activating group) is 1. The molecule has 5 rings (SSSR count). The highest BCUT2D eigenvalue weighted by Gasteiger charge is 2.29. The number of thiazole rings is 1. The molecule has 2 N–H and O–H groups in total. The van der Waals surface area contributed by atoms with Crippen LogP contribution in [0.25, 0.3) is 10.4 Å². The highest BCUT2D eigenvalue weighted by atomic mass is 32.1. The van der Waals surface area contributed by atoms with E-state index in [1.807, 2.05) is 49.3 Å². The predicted octanol–water partition coefficient (Wildman–Crippen LogP) is 3.42. The first kappa shape index (κ1) is 23.7. The van der Waals surface area contributed by atoms with Crippen molar-refractivity contribution in [1.29, 1.82) is 0 Å². The van der Waals surface area contributed by atoms with E-state index in [4.69, 9.17) is 0 Å². The Bertz CT molecular complexity index is 1260. The van der Waals surface area contributed by atoms with Gasteiger partial charge in [-0.15, -0.1) is 11.3 Å². The molecule has 2 atom stereocenters. The van der Waals surface area contributed by atoms with Crippen molar-refractivity contribution in [2.45, 2.75) is 38.3 Å². The summed E-state index contributed by atoms with van der Waals surface area (Å²) in [6.07, 6.45) is 2.98. The summed E-state index contributed by atoms with van der Waals surface area (Å²) < 4.78 is 0. The quantitative estimate of drug-likeness (QED) is 0.530. The molecule has 3 aromatic rings. The summed E-state index contributed by atoms with van der Waals surface area (Å²) in [4.78, 5) is 34.7. The van der Waals surface area contributed by atoms with Crippen LogP contribution in [-0.4, -0.2) is 64.5 Å². The second kappa shape index (κ2) is 9.89. The van der Waals surface area contributed by atoms with E-state index in [1.165, 1.54) is 0 Å². The number of aliphatic hydroxyl groups is 1. The summed E-state index contributed by atoms with van der Waals surface area (Å²) >= 11 is 1.66. The van der Waals surface area contributed by atoms with Gasteiger partial charge in [0.1, 0.15) is 0 Å². The number of nitrogens with one attached hydrogen (secondary N) is 1. The monoisotopic (exact) mass is 490 g/mol. The molecule has 1 saturated heterocycles. The summed E-state index contributed by atoms with van der Waals surface area (Å²) in [6, 6.07) is 14.0. The molecule has 1 fully saturated rings. The Morgan fingerprint density at radius 3 is 2.91 bits per heavy atom. The van der Waals surface area contributed by atoms with Crippen LogP contribution in [0, 0.1) is 6.92 Å². The minimum atomic E-state index is -0.315. The molecule has 2 aliphatic heterocycles. The topological polar surface area (TPSA) is 85.8 Å². The lowest BCUT2D eigenvalue weighted by molar-refractivity contribution is -0.131. The van der Waals surface area contributed by atoms with Crippen LogP contribution in [0.3, 0.4) is 0 Å². The Hall–Kier alpha value is -3.07. The maximum Gasteiger partial charge on any atom is 0.228 e. The van der Waals surface area contributed by atoms with Gasteiger partial charge < -0.3 is 15.3 Å². The number of hydrogen-bond donors (Lipinski definition) is 2. The lowest BCUT2D eigenvalue weighted by Crippen LogP contribution is -2.39. The molecular weight excluding hydrogens is 460 g/mol. The lowest BCUT2D eigenvalue weighted by Gasteiger charge is -2.32. The van der Waals surface area contributed by atoms with Gasteiger partial charge in [0.2, 0.25) is 11.8 Å². The number of aromatic nitrogens is 1. The number of fused-ring (bicyclic) bond motifs is 1. The van der Waals surface area contributed by atoms with Crippen LogP contribution in [0.4, 0.5) is 5.69 Å². The van der Waals surface area contributed by atoms with Crippen LogP contribution >= 0.6 is 11.3 Å². The largest absolute Gasteiger partial charge is 0.392 e. The standard InChI is InChI=1S/C27H30N4O3S/c1-17-28-14-25(35-17)21-5-3-4-20(12-21)24(16-31-9-8-22(32)15-31)30(2)27(34)11-18-6-7-19-13-26(33)29-23(19)10-18/h3-7,10,12,14,22,24,32H,8-9,11,13,15-16H2,1-2H3,(H,29,33)/t22-,24?/m0/s1. The van der Waals surface area contributed by atoms with Crippen molar-refractivity contribution in [3.63, 3.8) is 0 Å². The number of hydrogen-bond acceptors (Lipinski definition) is 6. The number of carbonyl (C=O) groups excluding carboxylic acids is 2. The van der Waals surface area contributed by atoms with Crippen LogP contribution in [-0.2, 0) is 22.4 Å². The summed E-state index contributed by atoms with van der Waals surface area (Å²) in [5.74, 6) is 0.00234. The fraction of sp³-hybridized carbons (Fsp3) is 0.370. The third-order valence-electron chi connectivity index (χ3n) is 6.87. The molecular formula is C27H30N4O3S. The third kappa shape index (κ3) is 5.29. The van der Waals surface area contributed by atoms with Gasteiger partial charge >= 0.3 is 0 Å². The highest BCUT2D eigenvalue weighted by molar-refractivity contribution is 7.15. The highest BCUT2D eigenvalue weighted by Crippen LogP contribution is 2.31. The van der Waals surface area contributed by atoms with Gasteiger partial charge in [-0.1, -0.05) is 30.3 Å². The van der Waals surface area contributed by atoms with Crippen LogP contribution in [0.2, 0.25) is 0 Å². The maximum absolute atomic E-state index is 13.5. The zero-order valence-electron chi connectivity index (χ0n) is 20.0. The Balaban J connectivity index is 1.39. The maximum atomic E-state index is 13.5. The molecule has 0 bridgehead atoms. The number of anilines is 1. The van der Waals surface area contributed by atoms with E-state index in [-0.39, 0.29) is 30.4 Å². The molecule has 182 valence electrons. The van der Waals surface area contributed by atoms with Crippen molar-refractivity contribution in [1.82, 2.24) is 14.8 Å². The van der Waals surface area contributed by atoms with E-state index in [0.29, 0.717) is 19.5 Å². The van der Waals surface area contributed by atoms with Crippen molar-refractivity contribution < 1.29 is 14.7 Å². The average Bonchev–Trinajstić information content (AvgIpc) is 3.56. The fourth-order valence-electron chi connectivity index (χ4n) is 4.91. The van der Waals surface area contributed by atoms with E-state index in [1.54, 1.807) is 11.3 Å². The van der Waals surface area contributed by atoms with Gasteiger partial charge in [-0.3, -0.25) is 14.5 Å². The number of nitrogens with zero attached hydrogens (tertiary/aromatic N) is 3. The number of rotatable bonds is 7. The smallest absolute Gasteiger partial charge is 0.228 e. The Kier molecular flexibility index (Phi) is 6.69. The van der Waals surface area contributed by atoms with Gasteiger partial charge in [0, 0.05) is 38.6 Å². The van der Waals surface area contributed by atoms with Crippen molar-refractivity contribution >= 4 is 28.8 Å². The van der Waals surface area contributed by atoms with E-state index in [2.05, 4.69) is 33.4 Å². The van der Waals surface area contributed by atoms with Crippen LogP contribution in [0.1, 0.15) is 34.2 Å². The van der Waals surface area contributed by atoms with Crippen molar-refractivity contribution in [3.05, 3.63) is 70.4 Å². The molecule has 1 unspecified atom stereocenters. The first-order chi connectivity index (χ1) is 16.9. The molecule has 2 aromatic carbocycles. The van der Waals surface area contributed by atoms with E-state index < -0.39 is 0 Å².